The van der Waals surface area contributed by atoms with Crippen LogP contribution in [-0.2, 0) is 0 Å². The maximum atomic E-state index is 8.06. The summed E-state index contributed by atoms with van der Waals surface area (Å²) in [7, 11) is 0. The largest absolute Gasteiger partial charge is 0.362 e. The van der Waals surface area contributed by atoms with Crippen LogP contribution >= 0.6 is 0 Å². The van der Waals surface area contributed by atoms with Crippen molar-refractivity contribution in [2.24, 2.45) is 0 Å². The number of hydrogen-bond donors (Lipinski definition) is 0. The second-order valence-corrected chi connectivity index (χ2v) is 2.03. The normalized spacial score (nSPS) is 9.45. The van der Waals surface area contributed by atoms with Crippen molar-refractivity contribution in [3.63, 3.8) is 0 Å². The predicted octanol–water partition coefficient (Wildman–Crippen LogP) is 2.00. The first-order valence-corrected chi connectivity index (χ1v) is 3.32. The Morgan fingerprint density at radius 3 is 2.55 bits per heavy atom. The summed E-state index contributed by atoms with van der Waals surface area (Å²) in [6, 6.07) is 9.81. The Balaban J connectivity index is 2.72. The third kappa shape index (κ3) is 2.61. The summed E-state index contributed by atoms with van der Waals surface area (Å²) in [5.74, 6) is 0. The molecule has 0 N–H and O–H groups in total. The molecule has 2 heteroatoms. The summed E-state index contributed by atoms with van der Waals surface area (Å²) in [5, 5.41) is 0. The summed E-state index contributed by atoms with van der Waals surface area (Å²) >= 11 is 0. The number of benzene rings is 1. The van der Waals surface area contributed by atoms with Crippen LogP contribution in [0.25, 0.3) is 11.6 Å². The van der Waals surface area contributed by atoms with E-state index >= 15 is 0 Å². The molecule has 0 atom stereocenters. The highest BCUT2D eigenvalue weighted by Crippen LogP contribution is 1.99. The van der Waals surface area contributed by atoms with Gasteiger partial charge in [0.15, 0.2) is 0 Å². The Morgan fingerprint density at radius 2 is 1.91 bits per heavy atom. The maximum Gasteiger partial charge on any atom is 0.280 e. The van der Waals surface area contributed by atoms with Crippen LogP contribution in [0, 0.1) is 0 Å². The van der Waals surface area contributed by atoms with E-state index in [-0.39, 0.29) is 0 Å². The van der Waals surface area contributed by atoms with Crippen molar-refractivity contribution in [1.82, 2.24) is 0 Å². The lowest BCUT2D eigenvalue weighted by atomic mass is 10.2. The Morgan fingerprint density at radius 1 is 1.18 bits per heavy atom. The quantitative estimate of drug-likeness (QED) is 0.346. The van der Waals surface area contributed by atoms with Gasteiger partial charge in [-0.3, -0.25) is 0 Å². The molecule has 1 aromatic rings. The third-order valence-electron chi connectivity index (χ3n) is 1.24. The average molecular weight is 144 g/mol. The number of rotatable bonds is 2. The van der Waals surface area contributed by atoms with E-state index in [2.05, 4.69) is 4.79 Å². The Bertz CT molecular complexity index is 282. The smallest absolute Gasteiger partial charge is 0.280 e. The van der Waals surface area contributed by atoms with E-state index in [9.17, 15) is 0 Å². The van der Waals surface area contributed by atoms with Gasteiger partial charge >= 0.3 is 0 Å². The summed E-state index contributed by atoms with van der Waals surface area (Å²) in [4.78, 5) is 2.84. The van der Waals surface area contributed by atoms with Crippen LogP contribution in [0.5, 0.6) is 0 Å². The van der Waals surface area contributed by atoms with Crippen molar-refractivity contribution in [3.05, 3.63) is 47.5 Å². The highest BCUT2D eigenvalue weighted by atomic mass is 14.8. The fourth-order valence-corrected chi connectivity index (χ4v) is 0.757. The molecule has 0 aliphatic carbocycles. The van der Waals surface area contributed by atoms with E-state index in [4.69, 9.17) is 5.53 Å². The van der Waals surface area contributed by atoms with Crippen LogP contribution in [0.4, 0.5) is 0 Å². The van der Waals surface area contributed by atoms with E-state index in [1.165, 1.54) is 6.21 Å². The molecule has 0 saturated carbocycles. The molecule has 0 unspecified atom stereocenters. The van der Waals surface area contributed by atoms with Crippen LogP contribution in [0.3, 0.4) is 0 Å². The monoisotopic (exact) mass is 144 g/mol. The molecule has 0 bridgehead atoms. The molecule has 0 saturated heterocycles. The molecule has 0 heterocycles. The average Bonchev–Trinajstić information content (AvgIpc) is 2.07. The van der Waals surface area contributed by atoms with Crippen LogP contribution in [0.2, 0.25) is 0 Å². The van der Waals surface area contributed by atoms with Gasteiger partial charge in [0, 0.05) is 6.08 Å². The van der Waals surface area contributed by atoms with Crippen LogP contribution in [0.15, 0.2) is 36.4 Å². The van der Waals surface area contributed by atoms with Crippen molar-refractivity contribution in [1.29, 1.82) is 0 Å². The molecule has 0 aliphatic rings. The molecule has 0 spiro atoms. The van der Waals surface area contributed by atoms with Crippen molar-refractivity contribution in [2.45, 2.75) is 0 Å². The molecular weight excluding hydrogens is 136 g/mol. The molecule has 0 radical (unpaired) electrons. The van der Waals surface area contributed by atoms with Gasteiger partial charge in [0.2, 0.25) is 0 Å². The highest BCUT2D eigenvalue weighted by molar-refractivity contribution is 5.74. The van der Waals surface area contributed by atoms with Crippen LogP contribution < -0.4 is 0 Å². The minimum atomic E-state index is 1.09. The zero-order chi connectivity index (χ0) is 7.94. The van der Waals surface area contributed by atoms with Gasteiger partial charge in [-0.05, 0) is 11.6 Å². The standard InChI is InChI=1S/C9H8N2/c10-11-8-4-7-9-5-2-1-3-6-9/h1-8H. The van der Waals surface area contributed by atoms with Crippen LogP contribution in [-0.4, -0.2) is 11.0 Å². The van der Waals surface area contributed by atoms with Gasteiger partial charge in [0.1, 0.15) is 0 Å². The molecule has 0 aliphatic heterocycles. The predicted molar refractivity (Wildman–Crippen MR) is 45.2 cm³/mol. The molecule has 0 amide bonds. The zero-order valence-corrected chi connectivity index (χ0v) is 6.01. The molecule has 0 aromatic heterocycles. The first kappa shape index (κ1) is 7.45. The summed E-state index contributed by atoms with van der Waals surface area (Å²) in [6.07, 6.45) is 4.86. The lowest BCUT2D eigenvalue weighted by molar-refractivity contribution is 0.00520. The van der Waals surface area contributed by atoms with Crippen molar-refractivity contribution >= 4 is 12.3 Å². The fraction of sp³-hybridized carbons (Fsp3) is 0. The highest BCUT2D eigenvalue weighted by Gasteiger charge is 1.80. The topological polar surface area (TPSA) is 36.4 Å². The van der Waals surface area contributed by atoms with Gasteiger partial charge in [0.05, 0.1) is 0 Å². The van der Waals surface area contributed by atoms with Crippen molar-refractivity contribution in [3.8, 4) is 0 Å². The van der Waals surface area contributed by atoms with Crippen molar-refractivity contribution < 1.29 is 4.79 Å². The second kappa shape index (κ2) is 4.20. The van der Waals surface area contributed by atoms with Crippen LogP contribution in [0.1, 0.15) is 5.56 Å². The zero-order valence-electron chi connectivity index (χ0n) is 6.01. The van der Waals surface area contributed by atoms with E-state index in [1.54, 1.807) is 6.08 Å². The van der Waals surface area contributed by atoms with E-state index in [1.807, 2.05) is 36.4 Å². The summed E-state index contributed by atoms with van der Waals surface area (Å²) in [6.45, 7) is 0. The molecule has 1 aromatic carbocycles. The minimum Gasteiger partial charge on any atom is -0.362 e. The Hall–Kier alpha value is -1.66. The molecule has 54 valence electrons. The van der Waals surface area contributed by atoms with Gasteiger partial charge in [-0.15, -0.1) is 0 Å². The van der Waals surface area contributed by atoms with Gasteiger partial charge in [-0.1, -0.05) is 30.3 Å². The van der Waals surface area contributed by atoms with Gasteiger partial charge in [0.25, 0.3) is 6.21 Å². The maximum absolute atomic E-state index is 8.06. The van der Waals surface area contributed by atoms with Gasteiger partial charge in [-0.2, -0.15) is 4.79 Å². The first-order chi connectivity index (χ1) is 5.43. The van der Waals surface area contributed by atoms with E-state index in [0.717, 1.165) is 5.56 Å². The van der Waals surface area contributed by atoms with E-state index < -0.39 is 0 Å². The number of allylic oxidation sites excluding steroid dienone is 1. The first-order valence-electron chi connectivity index (χ1n) is 3.32. The molecule has 2 nitrogen and oxygen atoms in total. The Kier molecular flexibility index (Phi) is 2.85. The lowest BCUT2D eigenvalue weighted by Gasteiger charge is -1.86. The minimum absolute atomic E-state index is 1.09. The van der Waals surface area contributed by atoms with Gasteiger partial charge in [-0.25, -0.2) is 0 Å². The summed E-state index contributed by atoms with van der Waals surface area (Å²) in [5.41, 5.74) is 9.15. The molecular formula is C9H8N2. The number of hydrogen-bond acceptors (Lipinski definition) is 0. The molecule has 0 fully saturated rings. The third-order valence-corrected chi connectivity index (χ3v) is 1.24. The second-order valence-electron chi connectivity index (χ2n) is 2.03. The molecule has 1 rings (SSSR count). The Labute approximate surface area is 65.4 Å². The number of nitrogens with zero attached hydrogens (tertiary/aromatic N) is 2. The summed E-state index contributed by atoms with van der Waals surface area (Å²) < 4.78 is 0. The van der Waals surface area contributed by atoms with E-state index in [0.29, 0.717) is 0 Å². The SMILES string of the molecule is [N-]=[N+]=CC=Cc1ccccc1. The van der Waals surface area contributed by atoms with Crippen molar-refractivity contribution in [2.75, 3.05) is 0 Å². The van der Waals surface area contributed by atoms with Gasteiger partial charge < -0.3 is 5.53 Å². The fourth-order valence-electron chi connectivity index (χ4n) is 0.757. The lowest BCUT2D eigenvalue weighted by Crippen LogP contribution is -1.69. The molecule has 11 heavy (non-hydrogen) atoms.